The predicted octanol–water partition coefficient (Wildman–Crippen LogP) is 6.73. The molecule has 3 heterocycles. The van der Waals surface area contributed by atoms with Crippen LogP contribution in [-0.2, 0) is 13.0 Å². The number of para-hydroxylation sites is 1. The summed E-state index contributed by atoms with van der Waals surface area (Å²) in [7, 11) is 0. The van der Waals surface area contributed by atoms with E-state index in [-0.39, 0.29) is 17.9 Å². The first-order chi connectivity index (χ1) is 21.4. The van der Waals surface area contributed by atoms with Crippen LogP contribution in [0.1, 0.15) is 83.4 Å². The summed E-state index contributed by atoms with van der Waals surface area (Å²) in [5.41, 5.74) is 8.23. The number of aromatic nitrogens is 1. The monoisotopic (exact) mass is 591 g/mol. The number of piperidine rings is 1. The van der Waals surface area contributed by atoms with Gasteiger partial charge in [-0.15, -0.1) is 0 Å². The Morgan fingerprint density at radius 3 is 2.52 bits per heavy atom. The zero-order valence-electron chi connectivity index (χ0n) is 26.4. The van der Waals surface area contributed by atoms with E-state index in [0.29, 0.717) is 25.1 Å². The second-order valence-corrected chi connectivity index (χ2v) is 11.8. The Hall–Kier alpha value is -4.39. The van der Waals surface area contributed by atoms with Crippen molar-refractivity contribution in [2.75, 3.05) is 29.4 Å². The maximum absolute atomic E-state index is 13.1. The van der Waals surface area contributed by atoms with Crippen LogP contribution in [-0.4, -0.2) is 42.5 Å². The van der Waals surface area contributed by atoms with Crippen molar-refractivity contribution >= 4 is 23.3 Å². The Labute approximate surface area is 262 Å². The van der Waals surface area contributed by atoms with Gasteiger partial charge in [0, 0.05) is 61.8 Å². The Balaban J connectivity index is 1.15. The molecule has 3 aromatic rings. The van der Waals surface area contributed by atoms with E-state index in [4.69, 9.17) is 0 Å². The van der Waals surface area contributed by atoms with Crippen molar-refractivity contribution in [3.8, 4) is 0 Å². The van der Waals surface area contributed by atoms with Crippen LogP contribution in [0, 0.1) is 6.92 Å². The molecule has 0 spiro atoms. The van der Waals surface area contributed by atoms with E-state index < -0.39 is 0 Å². The second kappa shape index (κ2) is 14.4. The van der Waals surface area contributed by atoms with Gasteiger partial charge in [0.2, 0.25) is 0 Å². The standard InChI is InChI=1S/C37H45N5O2/c1-5-28-11-10-20-41(21-18-28)34-15-8-7-12-30(34)24-39-36(43)31-16-17-35(38-25-31)42-22-19-32(23-26(42)3)40-37(44)33-14-9-13-29(6-2)27(33)4/h7-9,11-17,25,32H,3,5-6,10,18-24H2,1-2,4H3,(H,39,43)(H,40,44). The molecular formula is C37H45N5O2. The van der Waals surface area contributed by atoms with Crippen LogP contribution in [0.5, 0.6) is 0 Å². The molecular weight excluding hydrogens is 546 g/mol. The number of benzene rings is 2. The van der Waals surface area contributed by atoms with Gasteiger partial charge >= 0.3 is 0 Å². The minimum atomic E-state index is -0.146. The molecule has 1 atom stereocenters. The molecule has 2 N–H and O–H groups in total. The van der Waals surface area contributed by atoms with Crippen LogP contribution < -0.4 is 20.4 Å². The summed E-state index contributed by atoms with van der Waals surface area (Å²) in [5, 5.41) is 6.30. The Morgan fingerprint density at radius 1 is 0.955 bits per heavy atom. The number of hydrogen-bond donors (Lipinski definition) is 2. The first kappa shape index (κ1) is 31.0. The molecule has 1 unspecified atom stereocenters. The van der Waals surface area contributed by atoms with Gasteiger partial charge in [-0.1, -0.05) is 62.4 Å². The van der Waals surface area contributed by atoms with Crippen molar-refractivity contribution in [1.82, 2.24) is 15.6 Å². The summed E-state index contributed by atoms with van der Waals surface area (Å²) >= 11 is 0. The lowest BCUT2D eigenvalue weighted by molar-refractivity contribution is 0.0929. The highest BCUT2D eigenvalue weighted by atomic mass is 16.2. The van der Waals surface area contributed by atoms with E-state index in [2.05, 4.69) is 76.2 Å². The Kier molecular flexibility index (Phi) is 10.2. The van der Waals surface area contributed by atoms with Crippen LogP contribution in [0.25, 0.3) is 0 Å². The molecule has 1 saturated heterocycles. The van der Waals surface area contributed by atoms with E-state index in [0.717, 1.165) is 73.4 Å². The molecule has 7 heteroatoms. The van der Waals surface area contributed by atoms with Crippen molar-refractivity contribution in [2.24, 2.45) is 0 Å². The molecule has 5 rings (SSSR count). The molecule has 2 amide bonds. The smallest absolute Gasteiger partial charge is 0.253 e. The molecule has 0 bridgehead atoms. The van der Waals surface area contributed by atoms with E-state index in [1.165, 1.54) is 16.8 Å². The summed E-state index contributed by atoms with van der Waals surface area (Å²) in [6.45, 7) is 13.8. The minimum Gasteiger partial charge on any atom is -0.371 e. The number of anilines is 2. The van der Waals surface area contributed by atoms with Crippen molar-refractivity contribution < 1.29 is 9.59 Å². The van der Waals surface area contributed by atoms with E-state index in [1.54, 1.807) is 6.20 Å². The molecule has 2 aliphatic rings. The van der Waals surface area contributed by atoms with E-state index in [1.807, 2.05) is 37.3 Å². The van der Waals surface area contributed by atoms with Crippen LogP contribution in [0.2, 0.25) is 0 Å². The van der Waals surface area contributed by atoms with Gasteiger partial charge in [0.25, 0.3) is 11.8 Å². The molecule has 7 nitrogen and oxygen atoms in total. The summed E-state index contributed by atoms with van der Waals surface area (Å²) in [4.78, 5) is 35.2. The lowest BCUT2D eigenvalue weighted by Crippen LogP contribution is -2.43. The lowest BCUT2D eigenvalue weighted by atomic mass is 9.98. The maximum atomic E-state index is 13.1. The van der Waals surface area contributed by atoms with Crippen molar-refractivity contribution in [1.29, 1.82) is 0 Å². The third-order valence-corrected chi connectivity index (χ3v) is 9.02. The minimum absolute atomic E-state index is 0.0168. The molecule has 2 aromatic carbocycles. The fourth-order valence-corrected chi connectivity index (χ4v) is 6.32. The fourth-order valence-electron chi connectivity index (χ4n) is 6.32. The average Bonchev–Trinajstić information content (AvgIpc) is 3.30. The molecule has 230 valence electrons. The number of nitrogens with one attached hydrogen (secondary N) is 2. The second-order valence-electron chi connectivity index (χ2n) is 11.8. The fraction of sp³-hybridized carbons (Fsp3) is 0.378. The average molecular weight is 592 g/mol. The first-order valence-corrected chi connectivity index (χ1v) is 16.0. The zero-order chi connectivity index (χ0) is 31.1. The first-order valence-electron chi connectivity index (χ1n) is 16.0. The number of hydrogen-bond acceptors (Lipinski definition) is 5. The number of aryl methyl sites for hydroxylation is 1. The van der Waals surface area contributed by atoms with Gasteiger partial charge in [-0.05, 0) is 80.0 Å². The molecule has 0 saturated carbocycles. The highest BCUT2D eigenvalue weighted by molar-refractivity contribution is 5.96. The van der Waals surface area contributed by atoms with Crippen molar-refractivity contribution in [3.05, 3.63) is 113 Å². The third-order valence-electron chi connectivity index (χ3n) is 9.02. The molecule has 44 heavy (non-hydrogen) atoms. The van der Waals surface area contributed by atoms with Crippen molar-refractivity contribution in [2.45, 2.75) is 71.9 Å². The highest BCUT2D eigenvalue weighted by Gasteiger charge is 2.26. The quantitative estimate of drug-likeness (QED) is 0.270. The molecule has 0 radical (unpaired) electrons. The van der Waals surface area contributed by atoms with Crippen LogP contribution in [0.15, 0.2) is 84.7 Å². The summed E-state index contributed by atoms with van der Waals surface area (Å²) in [6, 6.07) is 18.0. The van der Waals surface area contributed by atoms with Crippen LogP contribution in [0.4, 0.5) is 11.5 Å². The number of carbonyl (C=O) groups is 2. The molecule has 1 aromatic heterocycles. The predicted molar refractivity (Wildman–Crippen MR) is 179 cm³/mol. The molecule has 0 aliphatic carbocycles. The van der Waals surface area contributed by atoms with Gasteiger partial charge in [0.05, 0.1) is 5.56 Å². The number of pyridine rings is 1. The van der Waals surface area contributed by atoms with Crippen LogP contribution in [0.3, 0.4) is 0 Å². The summed E-state index contributed by atoms with van der Waals surface area (Å²) in [6.07, 6.45) is 9.59. The van der Waals surface area contributed by atoms with Gasteiger partial charge in [0.1, 0.15) is 5.82 Å². The topological polar surface area (TPSA) is 77.6 Å². The van der Waals surface area contributed by atoms with E-state index in [9.17, 15) is 9.59 Å². The molecule has 2 aliphatic heterocycles. The number of carbonyl (C=O) groups excluding carboxylic acids is 2. The third kappa shape index (κ3) is 7.21. The SMILES string of the molecule is C=C1CC(NC(=O)c2cccc(CC)c2C)CCN1c1ccc(C(=O)NCc2ccccc2N2CCC=C(CC)CC2)cn1. The Morgan fingerprint density at radius 2 is 1.77 bits per heavy atom. The van der Waals surface area contributed by atoms with Gasteiger partial charge in [-0.25, -0.2) is 4.98 Å². The summed E-state index contributed by atoms with van der Waals surface area (Å²) in [5.74, 6) is 0.580. The number of rotatable bonds is 9. The highest BCUT2D eigenvalue weighted by Crippen LogP contribution is 2.27. The molecule has 1 fully saturated rings. The summed E-state index contributed by atoms with van der Waals surface area (Å²) < 4.78 is 0. The maximum Gasteiger partial charge on any atom is 0.253 e. The van der Waals surface area contributed by atoms with E-state index >= 15 is 0 Å². The van der Waals surface area contributed by atoms with Crippen LogP contribution >= 0.6 is 0 Å². The van der Waals surface area contributed by atoms with Gasteiger partial charge in [-0.2, -0.15) is 0 Å². The Bertz CT molecular complexity index is 1530. The lowest BCUT2D eigenvalue weighted by Gasteiger charge is -2.35. The number of amides is 2. The zero-order valence-corrected chi connectivity index (χ0v) is 26.4. The van der Waals surface area contributed by atoms with Gasteiger partial charge in [0.15, 0.2) is 0 Å². The van der Waals surface area contributed by atoms with Crippen molar-refractivity contribution in [3.63, 3.8) is 0 Å². The number of nitrogens with zero attached hydrogens (tertiary/aromatic N) is 3. The normalized spacial score (nSPS) is 17.1. The van der Waals surface area contributed by atoms with Gasteiger partial charge < -0.3 is 20.4 Å². The largest absolute Gasteiger partial charge is 0.371 e. The van der Waals surface area contributed by atoms with Gasteiger partial charge in [-0.3, -0.25) is 9.59 Å².